The topological polar surface area (TPSA) is 66.5 Å². The number of hydrogen-bond acceptors (Lipinski definition) is 3. The minimum atomic E-state index is -4.01. The smallest absolute Gasteiger partial charge is 0.243 e. The zero-order valence-electron chi connectivity index (χ0n) is 18.9. The molecule has 0 saturated heterocycles. The van der Waals surface area contributed by atoms with E-state index in [1.54, 1.807) is 30.3 Å². The van der Waals surface area contributed by atoms with E-state index < -0.39 is 22.5 Å². The normalized spacial score (nSPS) is 11.6. The van der Waals surface area contributed by atoms with Crippen LogP contribution in [0.1, 0.15) is 27.8 Å². The van der Waals surface area contributed by atoms with Crippen molar-refractivity contribution in [2.45, 2.75) is 39.1 Å². The zero-order valence-corrected chi connectivity index (χ0v) is 21.3. The number of benzene rings is 3. The van der Waals surface area contributed by atoms with Gasteiger partial charge in [0.25, 0.3) is 0 Å². The Balaban J connectivity index is 1.96. The monoisotopic (exact) mass is 504 g/mol. The van der Waals surface area contributed by atoms with Crippen molar-refractivity contribution in [3.05, 3.63) is 92.5 Å². The maximum Gasteiger partial charge on any atom is 0.243 e. The molecule has 0 spiro atoms. The van der Waals surface area contributed by atoms with Crippen molar-refractivity contribution in [2.24, 2.45) is 0 Å². The van der Waals surface area contributed by atoms with E-state index in [2.05, 4.69) is 5.32 Å². The molecule has 0 aliphatic rings. The molecular formula is C25H26Cl2N2O3S. The number of nitrogens with one attached hydrogen (secondary N) is 1. The summed E-state index contributed by atoms with van der Waals surface area (Å²) in [6.45, 7) is 7.12. The number of hydrogen-bond donors (Lipinski definition) is 1. The van der Waals surface area contributed by atoms with Crippen LogP contribution in [0.25, 0.3) is 0 Å². The number of amides is 1. The Kier molecular flexibility index (Phi) is 7.85. The summed E-state index contributed by atoms with van der Waals surface area (Å²) in [6.07, 6.45) is 0. The molecule has 0 aliphatic carbocycles. The Labute approximate surface area is 205 Å². The lowest BCUT2D eigenvalue weighted by atomic mass is 10.1. The molecular weight excluding hydrogens is 479 g/mol. The van der Waals surface area contributed by atoms with Gasteiger partial charge in [-0.2, -0.15) is 4.31 Å². The van der Waals surface area contributed by atoms with E-state index in [0.29, 0.717) is 21.3 Å². The van der Waals surface area contributed by atoms with E-state index in [1.807, 2.05) is 39.8 Å². The molecule has 33 heavy (non-hydrogen) atoms. The van der Waals surface area contributed by atoms with E-state index in [-0.39, 0.29) is 11.4 Å². The number of nitrogens with zero attached hydrogens (tertiary/aromatic N) is 1. The summed E-state index contributed by atoms with van der Waals surface area (Å²) >= 11 is 12.6. The average molecular weight is 505 g/mol. The Morgan fingerprint density at radius 3 is 1.97 bits per heavy atom. The Morgan fingerprint density at radius 1 is 0.879 bits per heavy atom. The molecule has 3 aromatic carbocycles. The Hall–Kier alpha value is -2.38. The van der Waals surface area contributed by atoms with E-state index in [1.165, 1.54) is 12.1 Å². The van der Waals surface area contributed by atoms with Gasteiger partial charge in [-0.3, -0.25) is 4.79 Å². The molecule has 0 radical (unpaired) electrons. The van der Waals surface area contributed by atoms with Gasteiger partial charge in [-0.25, -0.2) is 8.42 Å². The molecule has 0 fully saturated rings. The van der Waals surface area contributed by atoms with E-state index >= 15 is 0 Å². The molecule has 0 unspecified atom stereocenters. The first kappa shape index (κ1) is 25.2. The number of rotatable bonds is 7. The first-order valence-corrected chi connectivity index (χ1v) is 12.6. The Morgan fingerprint density at radius 2 is 1.42 bits per heavy atom. The van der Waals surface area contributed by atoms with Crippen molar-refractivity contribution in [1.29, 1.82) is 0 Å². The van der Waals surface area contributed by atoms with Gasteiger partial charge in [-0.1, -0.05) is 64.7 Å². The molecule has 0 bridgehead atoms. The quantitative estimate of drug-likeness (QED) is 0.425. The SMILES string of the molecule is Cc1ccc(S(=O)(=O)N(CC(=O)Nc2c(C)cc(C)cc2C)Cc2c(Cl)cccc2Cl)cc1. The number of sulfonamides is 1. The fraction of sp³-hybridized carbons (Fsp3) is 0.240. The van der Waals surface area contributed by atoms with Gasteiger partial charge in [-0.15, -0.1) is 0 Å². The first-order valence-electron chi connectivity index (χ1n) is 10.4. The van der Waals surface area contributed by atoms with Crippen molar-refractivity contribution >= 4 is 44.8 Å². The highest BCUT2D eigenvalue weighted by atomic mass is 35.5. The molecule has 0 saturated carbocycles. The molecule has 3 rings (SSSR count). The molecule has 0 atom stereocenters. The molecule has 1 N–H and O–H groups in total. The predicted molar refractivity (Wildman–Crippen MR) is 135 cm³/mol. The van der Waals surface area contributed by atoms with Gasteiger partial charge < -0.3 is 5.32 Å². The third-order valence-electron chi connectivity index (χ3n) is 5.32. The summed E-state index contributed by atoms with van der Waals surface area (Å²) in [4.78, 5) is 13.1. The maximum atomic E-state index is 13.5. The van der Waals surface area contributed by atoms with E-state index in [4.69, 9.17) is 23.2 Å². The van der Waals surface area contributed by atoms with Crippen molar-refractivity contribution in [2.75, 3.05) is 11.9 Å². The van der Waals surface area contributed by atoms with Crippen molar-refractivity contribution in [1.82, 2.24) is 4.31 Å². The van der Waals surface area contributed by atoms with Crippen LogP contribution in [0, 0.1) is 27.7 Å². The lowest BCUT2D eigenvalue weighted by Crippen LogP contribution is -2.38. The highest BCUT2D eigenvalue weighted by Crippen LogP contribution is 2.29. The van der Waals surface area contributed by atoms with Crippen LogP contribution in [0.3, 0.4) is 0 Å². The molecule has 5 nitrogen and oxygen atoms in total. The summed E-state index contributed by atoms with van der Waals surface area (Å²) < 4.78 is 28.1. The average Bonchev–Trinajstić information content (AvgIpc) is 2.73. The van der Waals surface area contributed by atoms with Crippen LogP contribution in [0.4, 0.5) is 5.69 Å². The number of carbonyl (C=O) groups is 1. The molecule has 8 heteroatoms. The van der Waals surface area contributed by atoms with Crippen LogP contribution in [0.5, 0.6) is 0 Å². The fourth-order valence-corrected chi connectivity index (χ4v) is 5.54. The third-order valence-corrected chi connectivity index (χ3v) is 7.83. The summed E-state index contributed by atoms with van der Waals surface area (Å²) in [5, 5.41) is 3.53. The second-order valence-electron chi connectivity index (χ2n) is 8.11. The second-order valence-corrected chi connectivity index (χ2v) is 10.9. The maximum absolute atomic E-state index is 13.5. The molecule has 0 heterocycles. The lowest BCUT2D eigenvalue weighted by molar-refractivity contribution is -0.116. The Bertz CT molecular complexity index is 1250. The van der Waals surface area contributed by atoms with Crippen LogP contribution in [0.2, 0.25) is 10.0 Å². The van der Waals surface area contributed by atoms with Crippen molar-refractivity contribution < 1.29 is 13.2 Å². The summed E-state index contributed by atoms with van der Waals surface area (Å²) in [6, 6.07) is 15.4. The van der Waals surface area contributed by atoms with E-state index in [9.17, 15) is 13.2 Å². The lowest BCUT2D eigenvalue weighted by Gasteiger charge is -2.23. The second kappa shape index (κ2) is 10.3. The van der Waals surface area contributed by atoms with Crippen molar-refractivity contribution in [3.63, 3.8) is 0 Å². The van der Waals surface area contributed by atoms with Crippen molar-refractivity contribution in [3.8, 4) is 0 Å². The number of halogens is 2. The van der Waals surface area contributed by atoms with Crippen LogP contribution in [-0.2, 0) is 21.4 Å². The molecule has 0 aliphatic heterocycles. The standard InChI is InChI=1S/C25H26Cl2N2O3S/c1-16-8-10-20(11-9-16)33(31,32)29(14-21-22(26)6-5-7-23(21)27)15-24(30)28-25-18(3)12-17(2)13-19(25)4/h5-13H,14-15H2,1-4H3,(H,28,30). The fourth-order valence-electron chi connectivity index (χ4n) is 3.66. The molecule has 3 aromatic rings. The van der Waals surface area contributed by atoms with Crippen LogP contribution >= 0.6 is 23.2 Å². The van der Waals surface area contributed by atoms with Crippen LogP contribution in [0.15, 0.2) is 59.5 Å². The van der Waals surface area contributed by atoms with Gasteiger partial charge in [0.2, 0.25) is 15.9 Å². The highest BCUT2D eigenvalue weighted by molar-refractivity contribution is 7.89. The third kappa shape index (κ3) is 5.95. The van der Waals surface area contributed by atoms with Gasteiger partial charge in [0.05, 0.1) is 11.4 Å². The van der Waals surface area contributed by atoms with Gasteiger partial charge in [0.15, 0.2) is 0 Å². The largest absolute Gasteiger partial charge is 0.324 e. The van der Waals surface area contributed by atoms with Crippen LogP contribution < -0.4 is 5.32 Å². The summed E-state index contributed by atoms with van der Waals surface area (Å²) in [5.41, 5.74) is 4.93. The van der Waals surface area contributed by atoms with Gasteiger partial charge in [0.1, 0.15) is 0 Å². The predicted octanol–water partition coefficient (Wildman–Crippen LogP) is 6.06. The molecule has 1 amide bonds. The van der Waals surface area contributed by atoms with Gasteiger partial charge >= 0.3 is 0 Å². The number of anilines is 1. The minimum Gasteiger partial charge on any atom is -0.324 e. The molecule has 0 aromatic heterocycles. The van der Waals surface area contributed by atoms with Gasteiger partial charge in [0, 0.05) is 27.8 Å². The first-order chi connectivity index (χ1) is 15.5. The zero-order chi connectivity index (χ0) is 24.3. The summed E-state index contributed by atoms with van der Waals surface area (Å²) in [5.74, 6) is -0.455. The van der Waals surface area contributed by atoms with E-state index in [0.717, 1.165) is 26.6 Å². The highest BCUT2D eigenvalue weighted by Gasteiger charge is 2.28. The van der Waals surface area contributed by atoms with Gasteiger partial charge in [-0.05, 0) is 63.1 Å². The minimum absolute atomic E-state index is 0.0896. The number of carbonyl (C=O) groups excluding carboxylic acids is 1. The number of aryl methyl sites for hydroxylation is 4. The van der Waals surface area contributed by atoms with Crippen LogP contribution in [-0.4, -0.2) is 25.2 Å². The molecule has 174 valence electrons. The summed E-state index contributed by atoms with van der Waals surface area (Å²) in [7, 11) is -4.01.